The van der Waals surface area contributed by atoms with Gasteiger partial charge in [-0.2, -0.15) is 0 Å². The van der Waals surface area contributed by atoms with Gasteiger partial charge in [0.25, 0.3) is 0 Å². The van der Waals surface area contributed by atoms with Crippen LogP contribution in [0.15, 0.2) is 0 Å². The highest BCUT2D eigenvalue weighted by atomic mass is 31.2. The molecule has 0 atom stereocenters. The molecule has 0 amide bonds. The van der Waals surface area contributed by atoms with E-state index in [0.29, 0.717) is 6.16 Å². The average Bonchev–Trinajstić information content (AvgIpc) is 2.62. The first-order chi connectivity index (χ1) is 16.2. The maximum atomic E-state index is 13.9. The standard InChI is InChI=1S/C26H49O7P3/c1-17(2)30-35(28,31-18(3)4)15-25-21(9)24(14-34(12,13)27)22(10)26(23(25)11)16-36(29,32-19(5)6)33-20(7)8/h17-20H,14-16H2,1-13H3. The van der Waals surface area contributed by atoms with Crippen molar-refractivity contribution in [1.82, 2.24) is 0 Å². The van der Waals surface area contributed by atoms with Crippen molar-refractivity contribution in [2.45, 2.75) is 119 Å². The fourth-order valence-corrected chi connectivity index (χ4v) is 10.3. The highest BCUT2D eigenvalue weighted by molar-refractivity contribution is 7.61. The minimum atomic E-state index is -3.51. The Balaban J connectivity index is 3.87. The molecule has 7 nitrogen and oxygen atoms in total. The largest absolute Gasteiger partial charge is 0.335 e. The van der Waals surface area contributed by atoms with Gasteiger partial charge in [0.1, 0.15) is 0 Å². The monoisotopic (exact) mass is 566 g/mol. The fraction of sp³-hybridized carbons (Fsp3) is 0.769. The minimum absolute atomic E-state index is 0.0689. The van der Waals surface area contributed by atoms with E-state index >= 15 is 0 Å². The van der Waals surface area contributed by atoms with Crippen LogP contribution in [0.4, 0.5) is 0 Å². The highest BCUT2D eigenvalue weighted by Gasteiger charge is 2.35. The van der Waals surface area contributed by atoms with E-state index in [0.717, 1.165) is 33.4 Å². The molecule has 0 unspecified atom stereocenters. The van der Waals surface area contributed by atoms with E-state index in [4.69, 9.17) is 18.1 Å². The summed E-state index contributed by atoms with van der Waals surface area (Å²) >= 11 is 0. The number of benzene rings is 1. The third-order valence-electron chi connectivity index (χ3n) is 5.44. The van der Waals surface area contributed by atoms with Crippen molar-refractivity contribution in [3.05, 3.63) is 33.4 Å². The molecule has 0 aromatic heterocycles. The van der Waals surface area contributed by atoms with Crippen LogP contribution in [0.1, 0.15) is 88.8 Å². The van der Waals surface area contributed by atoms with E-state index in [2.05, 4.69) is 0 Å². The minimum Gasteiger partial charge on any atom is -0.324 e. The lowest BCUT2D eigenvalue weighted by molar-refractivity contribution is 0.140. The van der Waals surface area contributed by atoms with Crippen molar-refractivity contribution in [1.29, 1.82) is 0 Å². The van der Waals surface area contributed by atoms with Crippen molar-refractivity contribution in [3.8, 4) is 0 Å². The van der Waals surface area contributed by atoms with Gasteiger partial charge in [-0.05, 0) is 123 Å². The van der Waals surface area contributed by atoms with E-state index in [1.54, 1.807) is 13.3 Å². The van der Waals surface area contributed by atoms with Crippen molar-refractivity contribution in [3.63, 3.8) is 0 Å². The number of rotatable bonds is 14. The van der Waals surface area contributed by atoms with Gasteiger partial charge in [-0.15, -0.1) is 0 Å². The van der Waals surface area contributed by atoms with Gasteiger partial charge in [0.2, 0.25) is 0 Å². The summed E-state index contributed by atoms with van der Waals surface area (Å²) in [5.74, 6) is 0. The van der Waals surface area contributed by atoms with Crippen LogP contribution in [-0.4, -0.2) is 37.7 Å². The maximum Gasteiger partial charge on any atom is 0.335 e. The SMILES string of the molecule is Cc1c(CP(C)(C)=O)c(C)c(CP(=O)(OC(C)C)OC(C)C)c(C)c1CP(=O)(OC(C)C)OC(C)C. The molecule has 0 aliphatic carbocycles. The summed E-state index contributed by atoms with van der Waals surface area (Å²) in [5, 5.41) is 0. The summed E-state index contributed by atoms with van der Waals surface area (Å²) in [5.41, 5.74) is 5.23. The molecule has 0 bridgehead atoms. The Morgan fingerprint density at radius 2 is 0.722 bits per heavy atom. The van der Waals surface area contributed by atoms with E-state index < -0.39 is 22.3 Å². The van der Waals surface area contributed by atoms with Crippen molar-refractivity contribution < 1.29 is 31.8 Å². The van der Waals surface area contributed by atoms with Crippen LogP contribution in [0.3, 0.4) is 0 Å². The zero-order chi connectivity index (χ0) is 28.2. The van der Waals surface area contributed by atoms with Gasteiger partial charge in [-0.3, -0.25) is 9.13 Å². The first-order valence-electron chi connectivity index (χ1n) is 12.7. The van der Waals surface area contributed by atoms with Crippen LogP contribution in [0, 0.1) is 20.8 Å². The van der Waals surface area contributed by atoms with Crippen molar-refractivity contribution in [2.75, 3.05) is 13.3 Å². The number of hydrogen-bond donors (Lipinski definition) is 0. The first-order valence-corrected chi connectivity index (χ1v) is 19.0. The smallest absolute Gasteiger partial charge is 0.324 e. The van der Waals surface area contributed by atoms with Crippen molar-refractivity contribution >= 4 is 22.3 Å². The molecule has 210 valence electrons. The second-order valence-corrected chi connectivity index (χ2v) is 18.6. The third kappa shape index (κ3) is 10.5. The van der Waals surface area contributed by atoms with Crippen LogP contribution in [0.2, 0.25) is 0 Å². The predicted octanol–water partition coefficient (Wildman–Crippen LogP) is 8.82. The lowest BCUT2D eigenvalue weighted by Gasteiger charge is -2.29. The fourth-order valence-electron chi connectivity index (χ4n) is 4.35. The Hall–Kier alpha value is -0.250. The molecule has 0 heterocycles. The van der Waals surface area contributed by atoms with Gasteiger partial charge < -0.3 is 22.7 Å². The van der Waals surface area contributed by atoms with Crippen LogP contribution in [0.25, 0.3) is 0 Å². The van der Waals surface area contributed by atoms with E-state index in [9.17, 15) is 13.7 Å². The van der Waals surface area contributed by atoms with Gasteiger partial charge in [0.05, 0.1) is 43.9 Å². The molecule has 0 aliphatic rings. The highest BCUT2D eigenvalue weighted by Crippen LogP contribution is 2.58. The summed E-state index contributed by atoms with van der Waals surface area (Å²) in [6.45, 7) is 24.0. The molecule has 1 aromatic carbocycles. The summed E-state index contributed by atoms with van der Waals surface area (Å²) in [4.78, 5) is 0. The quantitative estimate of drug-likeness (QED) is 0.208. The molecule has 1 aromatic rings. The lowest BCUT2D eigenvalue weighted by atomic mass is 9.90. The van der Waals surface area contributed by atoms with Crippen LogP contribution in [0.5, 0.6) is 0 Å². The molecular weight excluding hydrogens is 517 g/mol. The van der Waals surface area contributed by atoms with E-state index in [1.807, 2.05) is 76.2 Å². The van der Waals surface area contributed by atoms with Gasteiger partial charge in [-0.1, -0.05) is 0 Å². The van der Waals surface area contributed by atoms with Gasteiger partial charge in [0, 0.05) is 6.16 Å². The molecule has 0 saturated heterocycles. The first kappa shape index (κ1) is 33.8. The normalized spacial score (nSPS) is 13.6. The Labute approximate surface area is 219 Å². The summed E-state index contributed by atoms with van der Waals surface area (Å²) in [6.07, 6.45) is -0.629. The second-order valence-electron chi connectivity index (χ2n) is 11.2. The Morgan fingerprint density at radius 3 is 0.917 bits per heavy atom. The van der Waals surface area contributed by atoms with Crippen molar-refractivity contribution in [2.24, 2.45) is 0 Å². The zero-order valence-electron chi connectivity index (χ0n) is 24.6. The number of hydrogen-bond acceptors (Lipinski definition) is 7. The van der Waals surface area contributed by atoms with Gasteiger partial charge >= 0.3 is 15.2 Å². The molecule has 0 spiro atoms. The topological polar surface area (TPSA) is 88.1 Å². The molecule has 0 radical (unpaired) electrons. The van der Waals surface area contributed by atoms with Crippen LogP contribution < -0.4 is 0 Å². The lowest BCUT2D eigenvalue weighted by Crippen LogP contribution is -2.15. The molecule has 0 fully saturated rings. The maximum absolute atomic E-state index is 13.9. The molecular formula is C26H49O7P3. The van der Waals surface area contributed by atoms with Gasteiger partial charge in [-0.25, -0.2) is 0 Å². The molecule has 0 N–H and O–H groups in total. The average molecular weight is 567 g/mol. The molecule has 1 rings (SSSR count). The van der Waals surface area contributed by atoms with Crippen LogP contribution >= 0.6 is 22.3 Å². The summed E-state index contributed by atoms with van der Waals surface area (Å²) < 4.78 is 64.1. The Kier molecular flexibility index (Phi) is 12.4. The van der Waals surface area contributed by atoms with E-state index in [-0.39, 0.29) is 36.7 Å². The zero-order valence-corrected chi connectivity index (χ0v) is 27.3. The molecule has 0 saturated carbocycles. The molecule has 0 aliphatic heterocycles. The van der Waals surface area contributed by atoms with E-state index in [1.165, 1.54) is 0 Å². The Bertz CT molecular complexity index is 943. The second kappa shape index (κ2) is 13.2. The Morgan fingerprint density at radius 1 is 0.500 bits per heavy atom. The van der Waals surface area contributed by atoms with Crippen LogP contribution in [-0.2, 0) is 50.3 Å². The summed E-state index contributed by atoms with van der Waals surface area (Å²) in [6, 6.07) is 0. The predicted molar refractivity (Wildman–Crippen MR) is 151 cm³/mol. The molecule has 10 heteroatoms. The summed E-state index contributed by atoms with van der Waals surface area (Å²) in [7, 11) is -9.47. The third-order valence-corrected chi connectivity index (χ3v) is 10.9. The van der Waals surface area contributed by atoms with Gasteiger partial charge in [0.15, 0.2) is 0 Å². The molecule has 36 heavy (non-hydrogen) atoms.